The number of para-hydroxylation sites is 1. The van der Waals surface area contributed by atoms with E-state index in [-0.39, 0.29) is 5.91 Å². The predicted molar refractivity (Wildman–Crippen MR) is 89.9 cm³/mol. The predicted octanol–water partition coefficient (Wildman–Crippen LogP) is 3.49. The highest BCUT2D eigenvalue weighted by Gasteiger charge is 2.13. The molecule has 1 amide bonds. The molecule has 4 nitrogen and oxygen atoms in total. The van der Waals surface area contributed by atoms with Gasteiger partial charge in [0.05, 0.1) is 17.7 Å². The Bertz CT molecular complexity index is 628. The molecule has 0 radical (unpaired) electrons. The van der Waals surface area contributed by atoms with Gasteiger partial charge in [0.25, 0.3) is 0 Å². The highest BCUT2D eigenvalue weighted by atomic mass is 16.1. The van der Waals surface area contributed by atoms with Gasteiger partial charge in [-0.2, -0.15) is 0 Å². The van der Waals surface area contributed by atoms with Crippen molar-refractivity contribution in [1.82, 2.24) is 10.3 Å². The minimum absolute atomic E-state index is 0.00222. The summed E-state index contributed by atoms with van der Waals surface area (Å²) in [6.07, 6.45) is 9.31. The van der Waals surface area contributed by atoms with E-state index in [1.54, 1.807) is 6.20 Å². The van der Waals surface area contributed by atoms with Gasteiger partial charge in [-0.05, 0) is 25.0 Å². The molecule has 0 bridgehead atoms. The molecule has 1 saturated carbocycles. The highest BCUT2D eigenvalue weighted by molar-refractivity contribution is 6.00. The van der Waals surface area contributed by atoms with Gasteiger partial charge in [0.2, 0.25) is 5.91 Å². The minimum atomic E-state index is 0.00222. The third-order valence-corrected chi connectivity index (χ3v) is 4.31. The standard InChI is InChI=1S/C18H23N3O/c22-17(13-20-15-9-3-1-2-4-10-15)21-16-11-5-7-14-8-6-12-19-18(14)16/h5-8,11-12,15,20H,1-4,9-10,13H2,(H,21,22). The molecule has 2 N–H and O–H groups in total. The van der Waals surface area contributed by atoms with Gasteiger partial charge < -0.3 is 10.6 Å². The summed E-state index contributed by atoms with van der Waals surface area (Å²) in [7, 11) is 0. The Morgan fingerprint density at radius 2 is 1.86 bits per heavy atom. The van der Waals surface area contributed by atoms with Crippen molar-refractivity contribution < 1.29 is 4.79 Å². The molecule has 0 saturated heterocycles. The molecule has 3 rings (SSSR count). The third kappa shape index (κ3) is 3.83. The van der Waals surface area contributed by atoms with Crippen LogP contribution < -0.4 is 10.6 Å². The van der Waals surface area contributed by atoms with Crippen molar-refractivity contribution in [3.05, 3.63) is 36.5 Å². The Labute approximate surface area is 131 Å². The summed E-state index contributed by atoms with van der Waals surface area (Å²) in [6, 6.07) is 10.2. The van der Waals surface area contributed by atoms with Crippen molar-refractivity contribution in [2.24, 2.45) is 0 Å². The molecule has 0 atom stereocenters. The van der Waals surface area contributed by atoms with Crippen LogP contribution in [0.15, 0.2) is 36.5 Å². The van der Waals surface area contributed by atoms with Crippen LogP contribution in [0.2, 0.25) is 0 Å². The maximum atomic E-state index is 12.2. The normalized spacial score (nSPS) is 16.4. The summed E-state index contributed by atoms with van der Waals surface area (Å²) < 4.78 is 0. The first-order chi connectivity index (χ1) is 10.8. The SMILES string of the molecule is O=C(CNC1CCCCCC1)Nc1cccc2cccnc12. The number of hydrogen-bond donors (Lipinski definition) is 2. The second kappa shape index (κ2) is 7.36. The Balaban J connectivity index is 1.58. The number of carbonyl (C=O) groups excluding carboxylic acids is 1. The van der Waals surface area contributed by atoms with E-state index in [9.17, 15) is 4.79 Å². The summed E-state index contributed by atoms with van der Waals surface area (Å²) in [5, 5.41) is 7.41. The van der Waals surface area contributed by atoms with Crippen molar-refractivity contribution >= 4 is 22.5 Å². The molecule has 0 spiro atoms. The van der Waals surface area contributed by atoms with E-state index < -0.39 is 0 Å². The molecular formula is C18H23N3O. The van der Waals surface area contributed by atoms with Gasteiger partial charge in [0.15, 0.2) is 0 Å². The zero-order valence-electron chi connectivity index (χ0n) is 12.8. The van der Waals surface area contributed by atoms with Crippen LogP contribution in [0.4, 0.5) is 5.69 Å². The molecule has 2 aromatic rings. The number of hydrogen-bond acceptors (Lipinski definition) is 3. The molecule has 1 aliphatic carbocycles. The quantitative estimate of drug-likeness (QED) is 0.849. The summed E-state index contributed by atoms with van der Waals surface area (Å²) in [5.41, 5.74) is 1.62. The first-order valence-corrected chi connectivity index (χ1v) is 8.20. The summed E-state index contributed by atoms with van der Waals surface area (Å²) in [4.78, 5) is 16.5. The number of benzene rings is 1. The van der Waals surface area contributed by atoms with Gasteiger partial charge in [-0.25, -0.2) is 0 Å². The van der Waals surface area contributed by atoms with Crippen LogP contribution >= 0.6 is 0 Å². The number of fused-ring (bicyclic) bond motifs is 1. The van der Waals surface area contributed by atoms with E-state index in [1.165, 1.54) is 38.5 Å². The lowest BCUT2D eigenvalue weighted by molar-refractivity contribution is -0.115. The summed E-state index contributed by atoms with van der Waals surface area (Å²) in [6.45, 7) is 0.369. The Morgan fingerprint density at radius 3 is 2.68 bits per heavy atom. The summed E-state index contributed by atoms with van der Waals surface area (Å²) >= 11 is 0. The Hall–Kier alpha value is -1.94. The van der Waals surface area contributed by atoms with Crippen LogP contribution in [0.1, 0.15) is 38.5 Å². The molecule has 1 aliphatic rings. The number of nitrogens with zero attached hydrogens (tertiary/aromatic N) is 1. The number of nitrogens with one attached hydrogen (secondary N) is 2. The van der Waals surface area contributed by atoms with Crippen LogP contribution in [0, 0.1) is 0 Å². The number of carbonyl (C=O) groups is 1. The van der Waals surface area contributed by atoms with Gasteiger partial charge in [-0.1, -0.05) is 43.9 Å². The fourth-order valence-corrected chi connectivity index (χ4v) is 3.12. The van der Waals surface area contributed by atoms with Crippen LogP contribution in [-0.2, 0) is 4.79 Å². The lowest BCUT2D eigenvalue weighted by Crippen LogP contribution is -2.35. The molecule has 22 heavy (non-hydrogen) atoms. The van der Waals surface area contributed by atoms with E-state index in [4.69, 9.17) is 0 Å². The maximum absolute atomic E-state index is 12.2. The van der Waals surface area contributed by atoms with E-state index in [0.29, 0.717) is 12.6 Å². The van der Waals surface area contributed by atoms with Crippen LogP contribution in [0.25, 0.3) is 10.9 Å². The van der Waals surface area contributed by atoms with Crippen molar-refractivity contribution in [3.63, 3.8) is 0 Å². The van der Waals surface area contributed by atoms with E-state index in [2.05, 4.69) is 15.6 Å². The van der Waals surface area contributed by atoms with E-state index >= 15 is 0 Å². The number of rotatable bonds is 4. The molecule has 116 valence electrons. The molecule has 1 fully saturated rings. The van der Waals surface area contributed by atoms with Crippen molar-refractivity contribution in [1.29, 1.82) is 0 Å². The lowest BCUT2D eigenvalue weighted by Gasteiger charge is -2.16. The molecular weight excluding hydrogens is 274 g/mol. The van der Waals surface area contributed by atoms with Crippen LogP contribution in [0.5, 0.6) is 0 Å². The smallest absolute Gasteiger partial charge is 0.238 e. The molecule has 1 heterocycles. The molecule has 1 aromatic heterocycles. The molecule has 1 aromatic carbocycles. The largest absolute Gasteiger partial charge is 0.323 e. The van der Waals surface area contributed by atoms with Gasteiger partial charge in [-0.3, -0.25) is 9.78 Å². The molecule has 0 aliphatic heterocycles. The van der Waals surface area contributed by atoms with Crippen LogP contribution in [0.3, 0.4) is 0 Å². The van der Waals surface area contributed by atoms with Crippen molar-refractivity contribution in [2.45, 2.75) is 44.6 Å². The van der Waals surface area contributed by atoms with E-state index in [1.807, 2.05) is 30.3 Å². The van der Waals surface area contributed by atoms with Gasteiger partial charge in [0, 0.05) is 17.6 Å². The monoisotopic (exact) mass is 297 g/mol. The number of aromatic nitrogens is 1. The fraction of sp³-hybridized carbons (Fsp3) is 0.444. The number of pyridine rings is 1. The Morgan fingerprint density at radius 1 is 1.09 bits per heavy atom. The highest BCUT2D eigenvalue weighted by Crippen LogP contribution is 2.20. The second-order valence-electron chi connectivity index (χ2n) is 6.00. The fourth-order valence-electron chi connectivity index (χ4n) is 3.12. The van der Waals surface area contributed by atoms with Crippen molar-refractivity contribution in [2.75, 3.05) is 11.9 Å². The zero-order chi connectivity index (χ0) is 15.2. The van der Waals surface area contributed by atoms with Crippen molar-refractivity contribution in [3.8, 4) is 0 Å². The van der Waals surface area contributed by atoms with Gasteiger partial charge in [-0.15, -0.1) is 0 Å². The lowest BCUT2D eigenvalue weighted by atomic mass is 10.1. The Kier molecular flexibility index (Phi) is 5.01. The topological polar surface area (TPSA) is 54.0 Å². The second-order valence-corrected chi connectivity index (χ2v) is 6.00. The number of amides is 1. The minimum Gasteiger partial charge on any atom is -0.323 e. The first-order valence-electron chi connectivity index (χ1n) is 8.20. The first kappa shape index (κ1) is 15.0. The van der Waals surface area contributed by atoms with E-state index in [0.717, 1.165) is 16.6 Å². The molecule has 4 heteroatoms. The number of anilines is 1. The van der Waals surface area contributed by atoms with Gasteiger partial charge in [0.1, 0.15) is 0 Å². The average molecular weight is 297 g/mol. The van der Waals surface area contributed by atoms with Gasteiger partial charge >= 0.3 is 0 Å². The zero-order valence-corrected chi connectivity index (χ0v) is 12.8. The van der Waals surface area contributed by atoms with Crippen LogP contribution in [-0.4, -0.2) is 23.5 Å². The summed E-state index contributed by atoms with van der Waals surface area (Å²) in [5.74, 6) is 0.00222. The average Bonchev–Trinajstić information content (AvgIpc) is 2.82. The maximum Gasteiger partial charge on any atom is 0.238 e. The molecule has 0 unspecified atom stereocenters. The third-order valence-electron chi connectivity index (χ3n) is 4.31.